The summed E-state index contributed by atoms with van der Waals surface area (Å²) in [7, 11) is 1.79. The number of aliphatic carboxylic acids is 1. The van der Waals surface area contributed by atoms with E-state index >= 15 is 0 Å². The number of carbonyl (C=O) groups excluding carboxylic acids is 1. The minimum atomic E-state index is -1.01. The van der Waals surface area contributed by atoms with Crippen LogP contribution in [0.4, 0.5) is 0 Å². The average Bonchev–Trinajstić information content (AvgIpc) is 2.70. The van der Waals surface area contributed by atoms with Gasteiger partial charge in [-0.1, -0.05) is 13.8 Å². The maximum Gasteiger partial charge on any atom is 0.323 e. The Hall–Kier alpha value is -2.11. The Balaban J connectivity index is 2.70. The number of rotatable bonds is 6. The molecule has 6 heteroatoms. The minimum absolute atomic E-state index is 0.218. The number of carboxylic acid groups (broad SMARTS) is 1. The molecule has 1 aromatic rings. The quantitative estimate of drug-likeness (QED) is 0.779. The van der Waals surface area contributed by atoms with Crippen molar-refractivity contribution in [3.8, 4) is 0 Å². The molecule has 0 atom stereocenters. The second-order valence-corrected chi connectivity index (χ2v) is 4.79. The molecule has 0 radical (unpaired) electrons. The lowest BCUT2D eigenvalue weighted by atomic mass is 10.2. The molecule has 0 aromatic carbocycles. The van der Waals surface area contributed by atoms with E-state index in [9.17, 15) is 9.59 Å². The van der Waals surface area contributed by atoms with E-state index in [0.717, 1.165) is 5.56 Å². The summed E-state index contributed by atoms with van der Waals surface area (Å²) in [5.41, 5.74) is 0.802. The molecule has 6 nitrogen and oxygen atoms in total. The maximum absolute atomic E-state index is 11.9. The fourth-order valence-corrected chi connectivity index (χ4v) is 1.64. The van der Waals surface area contributed by atoms with Crippen molar-refractivity contribution in [1.82, 2.24) is 14.7 Å². The number of nitrogens with zero attached hydrogens (tertiary/aromatic N) is 3. The molecular formula is C13H19N3O3. The molecule has 1 amide bonds. The van der Waals surface area contributed by atoms with E-state index in [1.807, 2.05) is 13.8 Å². The molecule has 104 valence electrons. The van der Waals surface area contributed by atoms with E-state index in [1.54, 1.807) is 30.2 Å². The van der Waals surface area contributed by atoms with Gasteiger partial charge in [-0.15, -0.1) is 0 Å². The Morgan fingerprint density at radius 3 is 2.68 bits per heavy atom. The van der Waals surface area contributed by atoms with Crippen LogP contribution in [0, 0.1) is 5.92 Å². The molecule has 0 saturated heterocycles. The number of carbonyl (C=O) groups is 2. The van der Waals surface area contributed by atoms with Crippen LogP contribution in [0.15, 0.2) is 18.5 Å². The van der Waals surface area contributed by atoms with Crippen LogP contribution in [-0.4, -0.2) is 44.8 Å². The number of aryl methyl sites for hydroxylation is 1. The summed E-state index contributed by atoms with van der Waals surface area (Å²) in [6, 6.07) is 0. The first-order valence-corrected chi connectivity index (χ1v) is 6.06. The van der Waals surface area contributed by atoms with Crippen molar-refractivity contribution in [3.05, 3.63) is 24.0 Å². The van der Waals surface area contributed by atoms with Gasteiger partial charge in [0.2, 0.25) is 5.91 Å². The van der Waals surface area contributed by atoms with Crippen molar-refractivity contribution in [3.63, 3.8) is 0 Å². The van der Waals surface area contributed by atoms with Gasteiger partial charge >= 0.3 is 5.97 Å². The molecule has 0 spiro atoms. The summed E-state index contributed by atoms with van der Waals surface area (Å²) in [5.74, 6) is -1.10. The van der Waals surface area contributed by atoms with Crippen LogP contribution in [0.5, 0.6) is 0 Å². The second-order valence-electron chi connectivity index (χ2n) is 4.79. The molecule has 1 rings (SSSR count). The molecule has 1 aromatic heterocycles. The standard InChI is InChI=1S/C13H19N3O3/c1-10(2)7-16(9-13(18)19)12(17)5-4-11-6-14-15(3)8-11/h4-6,8,10H,7,9H2,1-3H3,(H,18,19). The van der Waals surface area contributed by atoms with Gasteiger partial charge < -0.3 is 10.0 Å². The van der Waals surface area contributed by atoms with Gasteiger partial charge in [-0.25, -0.2) is 0 Å². The third-order valence-corrected chi connectivity index (χ3v) is 2.37. The highest BCUT2D eigenvalue weighted by atomic mass is 16.4. The Labute approximate surface area is 112 Å². The molecule has 0 fully saturated rings. The van der Waals surface area contributed by atoms with Gasteiger partial charge in [0.15, 0.2) is 0 Å². The SMILES string of the molecule is CC(C)CN(CC(=O)O)C(=O)C=Cc1cnn(C)c1. The second kappa shape index (κ2) is 6.72. The first-order chi connectivity index (χ1) is 8.88. The third-order valence-electron chi connectivity index (χ3n) is 2.37. The van der Waals surface area contributed by atoms with Gasteiger partial charge in [-0.2, -0.15) is 5.10 Å². The van der Waals surface area contributed by atoms with Gasteiger partial charge in [0, 0.05) is 31.4 Å². The first kappa shape index (κ1) is 14.9. The van der Waals surface area contributed by atoms with Gasteiger partial charge in [-0.05, 0) is 12.0 Å². The summed E-state index contributed by atoms with van der Waals surface area (Å²) in [6.07, 6.45) is 6.41. The summed E-state index contributed by atoms with van der Waals surface area (Å²) in [6.45, 7) is 4.01. The monoisotopic (exact) mass is 265 g/mol. The highest BCUT2D eigenvalue weighted by Gasteiger charge is 2.15. The molecule has 0 unspecified atom stereocenters. The van der Waals surface area contributed by atoms with Crippen LogP contribution in [0.3, 0.4) is 0 Å². The largest absolute Gasteiger partial charge is 0.480 e. The third kappa shape index (κ3) is 5.37. The number of amides is 1. The van der Waals surface area contributed by atoms with Crippen LogP contribution in [0.25, 0.3) is 6.08 Å². The fraction of sp³-hybridized carbons (Fsp3) is 0.462. The van der Waals surface area contributed by atoms with E-state index < -0.39 is 5.97 Å². The predicted octanol–water partition coefficient (Wildman–Crippen LogP) is 1.00. The summed E-state index contributed by atoms with van der Waals surface area (Å²) < 4.78 is 1.63. The molecule has 1 N–H and O–H groups in total. The summed E-state index contributed by atoms with van der Waals surface area (Å²) in [5, 5.41) is 12.8. The first-order valence-electron chi connectivity index (χ1n) is 6.06. The van der Waals surface area contributed by atoms with Crippen molar-refractivity contribution in [2.75, 3.05) is 13.1 Å². The predicted molar refractivity (Wildman–Crippen MR) is 71.3 cm³/mol. The van der Waals surface area contributed by atoms with Crippen molar-refractivity contribution < 1.29 is 14.7 Å². The number of aromatic nitrogens is 2. The molecule has 0 aliphatic rings. The number of carboxylic acids is 1. The van der Waals surface area contributed by atoms with E-state index in [0.29, 0.717) is 6.54 Å². The molecule has 1 heterocycles. The molecular weight excluding hydrogens is 246 g/mol. The fourth-order valence-electron chi connectivity index (χ4n) is 1.64. The van der Waals surface area contributed by atoms with Crippen molar-refractivity contribution in [2.45, 2.75) is 13.8 Å². The Morgan fingerprint density at radius 1 is 1.53 bits per heavy atom. The molecule has 0 aliphatic heterocycles. The lowest BCUT2D eigenvalue weighted by Gasteiger charge is -2.21. The Kier molecular flexibility index (Phi) is 5.29. The van der Waals surface area contributed by atoms with Crippen molar-refractivity contribution >= 4 is 18.0 Å². The lowest BCUT2D eigenvalue weighted by Crippen LogP contribution is -2.37. The summed E-state index contributed by atoms with van der Waals surface area (Å²) >= 11 is 0. The highest BCUT2D eigenvalue weighted by molar-refractivity contribution is 5.93. The van der Waals surface area contributed by atoms with Crippen molar-refractivity contribution in [2.24, 2.45) is 13.0 Å². The van der Waals surface area contributed by atoms with Crippen LogP contribution in [0.1, 0.15) is 19.4 Å². The maximum atomic E-state index is 11.9. The van der Waals surface area contributed by atoms with E-state index in [-0.39, 0.29) is 18.4 Å². The molecule has 0 saturated carbocycles. The van der Waals surface area contributed by atoms with E-state index in [1.165, 1.54) is 11.0 Å². The number of hydrogen-bond donors (Lipinski definition) is 1. The van der Waals surface area contributed by atoms with E-state index in [2.05, 4.69) is 5.10 Å². The van der Waals surface area contributed by atoms with Crippen LogP contribution in [0.2, 0.25) is 0 Å². The zero-order valence-electron chi connectivity index (χ0n) is 11.4. The molecule has 19 heavy (non-hydrogen) atoms. The Bertz CT molecular complexity index is 477. The zero-order chi connectivity index (χ0) is 14.4. The topological polar surface area (TPSA) is 75.4 Å². The average molecular weight is 265 g/mol. The number of hydrogen-bond acceptors (Lipinski definition) is 3. The van der Waals surface area contributed by atoms with Crippen LogP contribution in [-0.2, 0) is 16.6 Å². The summed E-state index contributed by atoms with van der Waals surface area (Å²) in [4.78, 5) is 24.0. The highest BCUT2D eigenvalue weighted by Crippen LogP contribution is 2.03. The zero-order valence-corrected chi connectivity index (χ0v) is 11.4. The van der Waals surface area contributed by atoms with Gasteiger partial charge in [0.05, 0.1) is 6.20 Å². The lowest BCUT2D eigenvalue weighted by molar-refractivity contribution is -0.143. The van der Waals surface area contributed by atoms with Gasteiger partial charge in [-0.3, -0.25) is 14.3 Å². The van der Waals surface area contributed by atoms with Crippen LogP contribution >= 0.6 is 0 Å². The van der Waals surface area contributed by atoms with Crippen LogP contribution < -0.4 is 0 Å². The smallest absolute Gasteiger partial charge is 0.323 e. The Morgan fingerprint density at radius 2 is 2.21 bits per heavy atom. The molecule has 0 bridgehead atoms. The normalized spacial score (nSPS) is 11.2. The molecule has 0 aliphatic carbocycles. The van der Waals surface area contributed by atoms with E-state index in [4.69, 9.17) is 5.11 Å². The van der Waals surface area contributed by atoms with Gasteiger partial charge in [0.25, 0.3) is 0 Å². The van der Waals surface area contributed by atoms with Gasteiger partial charge in [0.1, 0.15) is 6.54 Å². The van der Waals surface area contributed by atoms with Crippen molar-refractivity contribution in [1.29, 1.82) is 0 Å². The minimum Gasteiger partial charge on any atom is -0.480 e.